The third-order valence-electron chi connectivity index (χ3n) is 4.36. The number of nitro benzene ring substituents is 1. The quantitative estimate of drug-likeness (QED) is 0.567. The Hall–Kier alpha value is -2.20. The standard InChI is InChI=1S/C16H24N4O5S/c1-12(17)3-6-16(21)19-9-7-18(8-10-19)14-5-4-13(26(2,24)25)11-15(14)20(22)23/h4-5,11-12H,3,6-10,17H2,1-2H3. The SMILES string of the molecule is CC(N)CCC(=O)N1CCN(c2ccc(S(C)(=O)=O)cc2[N+](=O)[O-])CC1. The highest BCUT2D eigenvalue weighted by atomic mass is 32.2. The summed E-state index contributed by atoms with van der Waals surface area (Å²) >= 11 is 0. The molecule has 1 heterocycles. The molecule has 1 aliphatic rings. The van der Waals surface area contributed by atoms with Crippen LogP contribution in [0.25, 0.3) is 0 Å². The number of nitro groups is 1. The van der Waals surface area contributed by atoms with Crippen LogP contribution in [-0.2, 0) is 14.6 Å². The predicted octanol–water partition coefficient (Wildman–Crippen LogP) is 0.774. The summed E-state index contributed by atoms with van der Waals surface area (Å²) in [5.41, 5.74) is 5.79. The minimum Gasteiger partial charge on any atom is -0.362 e. The summed E-state index contributed by atoms with van der Waals surface area (Å²) in [7, 11) is -3.53. The molecule has 0 saturated carbocycles. The molecule has 9 nitrogen and oxygen atoms in total. The molecule has 1 aromatic rings. The summed E-state index contributed by atoms with van der Waals surface area (Å²) in [6.07, 6.45) is 2.02. The molecule has 0 bridgehead atoms. The van der Waals surface area contributed by atoms with Gasteiger partial charge in [-0.25, -0.2) is 8.42 Å². The van der Waals surface area contributed by atoms with E-state index >= 15 is 0 Å². The number of nitrogens with two attached hydrogens (primary N) is 1. The van der Waals surface area contributed by atoms with Crippen molar-refractivity contribution in [3.05, 3.63) is 28.3 Å². The first-order valence-electron chi connectivity index (χ1n) is 8.36. The van der Waals surface area contributed by atoms with Crippen molar-refractivity contribution in [1.82, 2.24) is 4.90 Å². The van der Waals surface area contributed by atoms with Crippen LogP contribution in [0.2, 0.25) is 0 Å². The lowest BCUT2D eigenvalue weighted by Gasteiger charge is -2.36. The van der Waals surface area contributed by atoms with Crippen LogP contribution in [0.1, 0.15) is 19.8 Å². The minimum atomic E-state index is -3.53. The molecule has 1 amide bonds. The lowest BCUT2D eigenvalue weighted by molar-refractivity contribution is -0.384. The van der Waals surface area contributed by atoms with Crippen LogP contribution in [-0.4, -0.2) is 62.6 Å². The van der Waals surface area contributed by atoms with Crippen molar-refractivity contribution in [3.63, 3.8) is 0 Å². The van der Waals surface area contributed by atoms with Crippen molar-refractivity contribution in [3.8, 4) is 0 Å². The van der Waals surface area contributed by atoms with E-state index in [0.29, 0.717) is 44.7 Å². The molecular formula is C16H24N4O5S. The lowest BCUT2D eigenvalue weighted by atomic mass is 10.1. The third-order valence-corrected chi connectivity index (χ3v) is 5.47. The van der Waals surface area contributed by atoms with Gasteiger partial charge in [0.1, 0.15) is 5.69 Å². The number of carbonyl (C=O) groups is 1. The van der Waals surface area contributed by atoms with Crippen LogP contribution >= 0.6 is 0 Å². The number of carbonyl (C=O) groups excluding carboxylic acids is 1. The van der Waals surface area contributed by atoms with Gasteiger partial charge in [-0.2, -0.15) is 0 Å². The van der Waals surface area contributed by atoms with Crippen LogP contribution in [0, 0.1) is 10.1 Å². The second-order valence-corrected chi connectivity index (χ2v) is 8.58. The Kier molecular flexibility index (Phi) is 6.19. The van der Waals surface area contributed by atoms with Crippen molar-refractivity contribution in [1.29, 1.82) is 0 Å². The molecule has 1 fully saturated rings. The molecular weight excluding hydrogens is 360 g/mol. The summed E-state index contributed by atoms with van der Waals surface area (Å²) in [5, 5.41) is 11.4. The second-order valence-electron chi connectivity index (χ2n) is 6.56. The van der Waals surface area contributed by atoms with Crippen LogP contribution < -0.4 is 10.6 Å². The fourth-order valence-corrected chi connectivity index (χ4v) is 3.49. The maximum atomic E-state index is 12.2. The molecule has 1 aliphatic heterocycles. The zero-order chi connectivity index (χ0) is 19.5. The number of nitrogens with zero attached hydrogens (tertiary/aromatic N) is 3. The van der Waals surface area contributed by atoms with Crippen LogP contribution in [0.4, 0.5) is 11.4 Å². The number of benzene rings is 1. The van der Waals surface area contributed by atoms with Gasteiger partial charge >= 0.3 is 0 Å². The smallest absolute Gasteiger partial charge is 0.293 e. The van der Waals surface area contributed by atoms with Gasteiger partial charge in [-0.3, -0.25) is 14.9 Å². The van der Waals surface area contributed by atoms with E-state index < -0.39 is 14.8 Å². The molecule has 0 radical (unpaired) electrons. The fraction of sp³-hybridized carbons (Fsp3) is 0.562. The zero-order valence-corrected chi connectivity index (χ0v) is 15.7. The van der Waals surface area contributed by atoms with Crippen molar-refractivity contribution >= 4 is 27.1 Å². The number of piperazine rings is 1. The normalized spacial score (nSPS) is 16.4. The van der Waals surface area contributed by atoms with E-state index in [2.05, 4.69) is 0 Å². The highest BCUT2D eigenvalue weighted by molar-refractivity contribution is 7.90. The van der Waals surface area contributed by atoms with Gasteiger partial charge in [0.15, 0.2) is 9.84 Å². The molecule has 26 heavy (non-hydrogen) atoms. The van der Waals surface area contributed by atoms with E-state index in [-0.39, 0.29) is 22.5 Å². The monoisotopic (exact) mass is 384 g/mol. The van der Waals surface area contributed by atoms with Gasteiger partial charge in [0.05, 0.1) is 9.82 Å². The van der Waals surface area contributed by atoms with Crippen LogP contribution in [0.3, 0.4) is 0 Å². The Morgan fingerprint density at radius 2 is 1.92 bits per heavy atom. The van der Waals surface area contributed by atoms with Gasteiger partial charge in [0.25, 0.3) is 5.69 Å². The average molecular weight is 384 g/mol. The van der Waals surface area contributed by atoms with E-state index in [1.54, 1.807) is 9.80 Å². The Morgan fingerprint density at radius 1 is 1.31 bits per heavy atom. The molecule has 144 valence electrons. The van der Waals surface area contributed by atoms with Gasteiger partial charge in [-0.1, -0.05) is 0 Å². The summed E-state index contributed by atoms with van der Waals surface area (Å²) in [6.45, 7) is 3.67. The first-order chi connectivity index (χ1) is 12.1. The summed E-state index contributed by atoms with van der Waals surface area (Å²) in [6, 6.07) is 3.89. The van der Waals surface area contributed by atoms with Gasteiger partial charge in [0, 0.05) is 51.0 Å². The molecule has 0 aromatic heterocycles. The molecule has 1 aromatic carbocycles. The Morgan fingerprint density at radius 3 is 2.42 bits per heavy atom. The third kappa shape index (κ3) is 4.92. The van der Waals surface area contributed by atoms with Crippen molar-refractivity contribution in [2.75, 3.05) is 37.3 Å². The van der Waals surface area contributed by atoms with Gasteiger partial charge in [-0.05, 0) is 25.5 Å². The summed E-state index contributed by atoms with van der Waals surface area (Å²) in [5.74, 6) is 0.0314. The second kappa shape index (κ2) is 8.00. The number of amides is 1. The first-order valence-corrected chi connectivity index (χ1v) is 10.3. The molecule has 1 saturated heterocycles. The number of anilines is 1. The number of hydrogen-bond donors (Lipinski definition) is 1. The van der Waals surface area contributed by atoms with E-state index in [1.165, 1.54) is 12.1 Å². The Balaban J connectivity index is 2.11. The topological polar surface area (TPSA) is 127 Å². The van der Waals surface area contributed by atoms with Crippen molar-refractivity contribution < 1.29 is 18.1 Å². The maximum Gasteiger partial charge on any atom is 0.293 e. The average Bonchev–Trinajstić information content (AvgIpc) is 2.58. The van der Waals surface area contributed by atoms with Crippen molar-refractivity contribution in [2.24, 2.45) is 5.73 Å². The number of sulfone groups is 1. The highest BCUT2D eigenvalue weighted by Gasteiger charge is 2.27. The molecule has 0 aliphatic carbocycles. The largest absolute Gasteiger partial charge is 0.362 e. The zero-order valence-electron chi connectivity index (χ0n) is 14.9. The Bertz CT molecular complexity index is 786. The molecule has 10 heteroatoms. The van der Waals surface area contributed by atoms with Gasteiger partial charge in [-0.15, -0.1) is 0 Å². The Labute approximate surface area is 152 Å². The lowest BCUT2D eigenvalue weighted by Crippen LogP contribution is -2.49. The maximum absolute atomic E-state index is 12.2. The number of hydrogen-bond acceptors (Lipinski definition) is 7. The summed E-state index contributed by atoms with van der Waals surface area (Å²) in [4.78, 5) is 26.4. The highest BCUT2D eigenvalue weighted by Crippen LogP contribution is 2.31. The summed E-state index contributed by atoms with van der Waals surface area (Å²) < 4.78 is 23.3. The molecule has 0 spiro atoms. The molecule has 2 rings (SSSR count). The number of rotatable bonds is 6. The van der Waals surface area contributed by atoms with Gasteiger partial charge in [0.2, 0.25) is 5.91 Å². The molecule has 2 N–H and O–H groups in total. The fourth-order valence-electron chi connectivity index (χ4n) is 2.85. The predicted molar refractivity (Wildman–Crippen MR) is 97.9 cm³/mol. The first kappa shape index (κ1) is 20.1. The molecule has 1 unspecified atom stereocenters. The minimum absolute atomic E-state index is 0.0313. The van der Waals surface area contributed by atoms with Crippen molar-refractivity contribution in [2.45, 2.75) is 30.7 Å². The van der Waals surface area contributed by atoms with Gasteiger partial charge < -0.3 is 15.5 Å². The molecule has 1 atom stereocenters. The van der Waals surface area contributed by atoms with Crippen LogP contribution in [0.15, 0.2) is 23.1 Å². The van der Waals surface area contributed by atoms with E-state index in [1.807, 2.05) is 6.92 Å². The van der Waals surface area contributed by atoms with Crippen LogP contribution in [0.5, 0.6) is 0 Å². The van der Waals surface area contributed by atoms with E-state index in [9.17, 15) is 23.3 Å². The van der Waals surface area contributed by atoms with E-state index in [0.717, 1.165) is 12.3 Å². The van der Waals surface area contributed by atoms with E-state index in [4.69, 9.17) is 5.73 Å².